The zero-order chi connectivity index (χ0) is 72.3. The predicted molar refractivity (Wildman–Crippen MR) is 376 cm³/mol. The number of aryl methyl sites for hydroxylation is 1. The summed E-state index contributed by atoms with van der Waals surface area (Å²) in [5, 5.41) is 23.9. The van der Waals surface area contributed by atoms with Crippen LogP contribution in [0.5, 0.6) is 0 Å². The number of amides is 6. The van der Waals surface area contributed by atoms with E-state index in [1.54, 1.807) is 21.2 Å². The van der Waals surface area contributed by atoms with Crippen LogP contribution in [0.15, 0.2) is 41.2 Å². The van der Waals surface area contributed by atoms with Gasteiger partial charge in [-0.1, -0.05) is 26.2 Å². The molecule has 554 valence electrons. The van der Waals surface area contributed by atoms with Gasteiger partial charge in [-0.2, -0.15) is 19.4 Å². The summed E-state index contributed by atoms with van der Waals surface area (Å²) in [5.74, 6) is 2.61. The number of urea groups is 3. The Morgan fingerprint density at radius 3 is 1.57 bits per heavy atom. The molecule has 4 fully saturated rings. The second-order valence-electron chi connectivity index (χ2n) is 20.4. The number of hydrogen-bond donors (Lipinski definition) is 9. The van der Waals surface area contributed by atoms with Gasteiger partial charge in [0.25, 0.3) is 11.1 Å². The maximum Gasteiger partial charge on any atom is 0.343 e. The molecule has 32 nitrogen and oxygen atoms in total. The molecule has 2 saturated heterocycles. The lowest BCUT2D eigenvalue weighted by Crippen LogP contribution is -2.44. The van der Waals surface area contributed by atoms with Crippen LogP contribution in [-0.2, 0) is 18.2 Å². The average Bonchev–Trinajstić information content (AvgIpc) is 0.896. The van der Waals surface area contributed by atoms with Crippen LogP contribution >= 0.6 is 120 Å². The van der Waals surface area contributed by atoms with Crippen LogP contribution in [0.25, 0.3) is 0 Å². The second-order valence-corrected chi connectivity index (χ2v) is 28.1. The molecule has 2 aliphatic heterocycles. The van der Waals surface area contributed by atoms with Crippen molar-refractivity contribution < 1.29 is 41.3 Å². The minimum absolute atomic E-state index is 0.0721. The van der Waals surface area contributed by atoms with Gasteiger partial charge in [0.1, 0.15) is 12.4 Å². The first kappa shape index (κ1) is 92.5. The van der Waals surface area contributed by atoms with E-state index in [-0.39, 0.29) is 67.5 Å². The fourth-order valence-electron chi connectivity index (χ4n) is 8.68. The number of nitrogens with zero attached hydrogens (tertiary/aromatic N) is 9. The molecule has 2 saturated carbocycles. The molecule has 4 heterocycles. The zero-order valence-corrected chi connectivity index (χ0v) is 61.9. The van der Waals surface area contributed by atoms with Gasteiger partial charge < -0.3 is 39.9 Å². The quantitative estimate of drug-likeness (QED) is 0.0166. The molecule has 2 aromatic heterocycles. The molecule has 0 aromatic carbocycles. The molecule has 45 heteroatoms. The van der Waals surface area contributed by atoms with Gasteiger partial charge in [0, 0.05) is 136 Å². The van der Waals surface area contributed by atoms with E-state index in [9.17, 15) is 66.2 Å². The Morgan fingerprint density at radius 1 is 0.615 bits per heavy atom. The summed E-state index contributed by atoms with van der Waals surface area (Å²) in [4.78, 5) is 117. The highest BCUT2D eigenvalue weighted by Crippen LogP contribution is 2.49. The molecule has 0 bridgehead atoms. The molecule has 0 spiro atoms. The minimum atomic E-state index is -2.84. The van der Waals surface area contributed by atoms with Gasteiger partial charge in [-0.15, -0.1) is 119 Å². The summed E-state index contributed by atoms with van der Waals surface area (Å²) >= 11 is 49.5. The Balaban J connectivity index is 0.00000110. The lowest BCUT2D eigenvalue weighted by molar-refractivity contribution is 0.191. The smallest absolute Gasteiger partial charge is 0.343 e. The van der Waals surface area contributed by atoms with Gasteiger partial charge in [-0.05, 0) is 64.2 Å². The number of H-pyrrole nitrogens is 4. The van der Waals surface area contributed by atoms with Crippen LogP contribution in [0.4, 0.5) is 28.9 Å². The zero-order valence-electron chi connectivity index (χ0n) is 53.4. The highest BCUT2D eigenvalue weighted by Gasteiger charge is 2.35. The first-order valence-electron chi connectivity index (χ1n) is 30.3. The van der Waals surface area contributed by atoms with E-state index in [1.807, 2.05) is 4.98 Å². The number of hydrogen-bond acceptors (Lipinski definition) is 18. The first-order valence-corrected chi connectivity index (χ1v) is 38.3. The average molecular weight is 1600 g/mol. The number of aromatic amines is 4. The van der Waals surface area contributed by atoms with Crippen molar-refractivity contribution in [3.63, 3.8) is 0 Å². The molecule has 6 amide bonds. The lowest BCUT2D eigenvalue weighted by atomic mass is 9.87. The number of anilines is 1. The largest absolute Gasteiger partial charge is 0.362 e. The summed E-state index contributed by atoms with van der Waals surface area (Å²) in [6.07, 6.45) is 12.1. The van der Waals surface area contributed by atoms with E-state index in [4.69, 9.17) is 113 Å². The Labute approximate surface area is 600 Å². The van der Waals surface area contributed by atoms with Crippen molar-refractivity contribution in [2.24, 2.45) is 21.8 Å². The monoisotopic (exact) mass is 1590 g/mol. The molecule has 2 unspecified atom stereocenters. The minimum Gasteiger partial charge on any atom is -0.362 e. The SMILES string of the molecule is CC1CCC(NC(=O)N(CCCl)N=O)CC1.Cc1[nH]c(=O)[nH]c(=O)c1N(CCF)CCCl.O=NN(CCCl)C(=O)NC1CCCCC1.O=NN(CCCl)C(=O)NCCCl.O=P1(N(CCCl)CCCl)NCCCO1.O=P1(NCCCl)OCCCN1CCCl.O=c1[nH]cc(F)c(=O)[nH]1. The Morgan fingerprint density at radius 2 is 1.12 bits per heavy atom. The van der Waals surface area contributed by atoms with Gasteiger partial charge in [-0.3, -0.25) is 28.7 Å². The fraction of sp³-hybridized carbons (Fsp3) is 0.784. The molecule has 0 radical (unpaired) electrons. The Hall–Kier alpha value is -3.54. The van der Waals surface area contributed by atoms with Gasteiger partial charge in [0.15, 0.2) is 0 Å². The maximum atomic E-state index is 12.3. The van der Waals surface area contributed by atoms with Crippen molar-refractivity contribution in [2.45, 2.75) is 96.6 Å². The first-order chi connectivity index (χ1) is 45.9. The maximum absolute atomic E-state index is 12.3. The van der Waals surface area contributed by atoms with Gasteiger partial charge in [0.05, 0.1) is 48.7 Å². The van der Waals surface area contributed by atoms with Crippen molar-refractivity contribution in [3.8, 4) is 0 Å². The summed E-state index contributed by atoms with van der Waals surface area (Å²) in [7, 11) is -5.68. The van der Waals surface area contributed by atoms with Crippen molar-refractivity contribution in [3.05, 3.63) is 74.1 Å². The molecular formula is C51H89Cl9F2N18O14P2. The fourth-order valence-corrected chi connectivity index (χ4v) is 14.6. The molecule has 2 atom stereocenters. The van der Waals surface area contributed by atoms with Crippen molar-refractivity contribution in [2.75, 3.05) is 156 Å². The van der Waals surface area contributed by atoms with E-state index in [2.05, 4.69) is 58.9 Å². The van der Waals surface area contributed by atoms with Gasteiger partial charge in [0.2, 0.25) is 5.82 Å². The summed E-state index contributed by atoms with van der Waals surface area (Å²) < 4.78 is 62.7. The topological polar surface area (TPSA) is 403 Å². The number of aromatic nitrogens is 4. The standard InChI is InChI=1S/C10H18ClN3O2.C9H13ClFN3O2.C9H16ClN3O2.2C7H15Cl2N2O2P.C5H9Cl2N3O2.C4H3FN2O2/c1-8-2-4-9(5-3-8)12-10(15)14(13-16)7-6-11;1-6-7(8(15)13-9(16)12-6)14(4-2-10)5-3-11;10-6-7-13(12-15)9(14)11-8-4-2-1-3-5-8;8-2-4-10-14(12)11(6-3-9)5-1-7-13-14;8-2-5-11(6-3-9)14(12)10-4-1-7-13-14;6-1-3-8-5(11)10(9-12)4-2-7;5-2-1-6-4(9)7-3(2)8/h8-9H,2-7H2,1H3,(H,12,15);2-5H2,1H3,(H2,12,13,15,16);8H,1-7H2,(H,11,14);2*1-7H2,(H,10,12);1-4H2,(H,8,11);1H,(H2,6,7,8,9). The molecule has 4 aliphatic rings. The van der Waals surface area contributed by atoms with E-state index in [0.29, 0.717) is 98.8 Å². The van der Waals surface area contributed by atoms with Crippen LogP contribution in [0.1, 0.15) is 83.2 Å². The van der Waals surface area contributed by atoms with Crippen molar-refractivity contribution >= 4 is 144 Å². The molecular weight excluding hydrogens is 1510 g/mol. The number of halogens is 11. The summed E-state index contributed by atoms with van der Waals surface area (Å²) in [6, 6.07) is -1.09. The van der Waals surface area contributed by atoms with E-state index in [1.165, 1.54) is 11.3 Å². The number of alkyl halides is 10. The van der Waals surface area contributed by atoms with Crippen molar-refractivity contribution in [1.82, 2.24) is 70.4 Å². The molecule has 6 rings (SSSR count). The van der Waals surface area contributed by atoms with Crippen molar-refractivity contribution in [1.29, 1.82) is 0 Å². The highest BCUT2D eigenvalue weighted by atomic mass is 35.5. The van der Waals surface area contributed by atoms with Gasteiger partial charge in [-0.25, -0.2) is 47.9 Å². The number of nitrogens with one attached hydrogen (secondary N) is 9. The van der Waals surface area contributed by atoms with Gasteiger partial charge >= 0.3 is 44.8 Å². The van der Waals surface area contributed by atoms with Crippen LogP contribution in [0.2, 0.25) is 0 Å². The van der Waals surface area contributed by atoms with E-state index >= 15 is 0 Å². The highest BCUT2D eigenvalue weighted by molar-refractivity contribution is 7.54. The number of carbonyl (C=O) groups excluding carboxylic acids is 3. The Kier molecular flexibility index (Phi) is 54.1. The number of carbonyl (C=O) groups is 3. The second kappa shape index (κ2) is 56.1. The van der Waals surface area contributed by atoms with Crippen LogP contribution in [-0.4, -0.2) is 226 Å². The Bertz CT molecular complexity index is 2810. The molecule has 9 N–H and O–H groups in total. The third-order valence-electron chi connectivity index (χ3n) is 13.3. The molecule has 96 heavy (non-hydrogen) atoms. The summed E-state index contributed by atoms with van der Waals surface area (Å²) in [6.45, 7) is 9.00. The summed E-state index contributed by atoms with van der Waals surface area (Å²) in [5.41, 5.74) is -2.14. The van der Waals surface area contributed by atoms with E-state index < -0.39 is 68.4 Å². The molecule has 2 aliphatic carbocycles. The number of rotatable bonds is 28. The van der Waals surface area contributed by atoms with Crippen LogP contribution < -0.4 is 53.5 Å². The van der Waals surface area contributed by atoms with Crippen LogP contribution in [0.3, 0.4) is 0 Å². The van der Waals surface area contributed by atoms with E-state index in [0.717, 1.165) is 93.2 Å². The third kappa shape index (κ3) is 38.9. The normalized spacial score (nSPS) is 19.0. The molecule has 2 aromatic rings. The third-order valence-corrected chi connectivity index (χ3v) is 19.5. The number of nitroso groups, excluding NO2 is 3. The lowest BCUT2D eigenvalue weighted by Gasteiger charge is -2.34. The predicted octanol–water partition coefficient (Wildman–Crippen LogP) is 9.26. The van der Waals surface area contributed by atoms with Crippen LogP contribution in [0, 0.1) is 33.4 Å².